The van der Waals surface area contributed by atoms with Gasteiger partial charge in [-0.05, 0) is 72.6 Å². The lowest BCUT2D eigenvalue weighted by Crippen LogP contribution is -2.33. The number of rotatable bonds is 8. The zero-order valence-electron chi connectivity index (χ0n) is 19.4. The average Bonchev–Trinajstić information content (AvgIpc) is 3.16. The van der Waals surface area contributed by atoms with Crippen molar-refractivity contribution in [3.63, 3.8) is 0 Å². The third-order valence-electron chi connectivity index (χ3n) is 5.80. The standard InChI is InChI=1S/C25H23ClF3N3O4S/c26-19-5-9-21(10-6-19)36-22-11-7-20(8-12-22)32-23(17-3-1-4-18(15-17)25(27,28)29)16-31(24(32)33)13-2-14-37(30,34)35/h1,3-12,15,23H,2,13-14,16H2,(H2,30,34,35). The Kier molecular flexibility index (Phi) is 7.67. The number of nitrogens with zero attached hydrogens (tertiary/aromatic N) is 2. The van der Waals surface area contributed by atoms with Crippen molar-refractivity contribution in [2.45, 2.75) is 18.6 Å². The summed E-state index contributed by atoms with van der Waals surface area (Å²) in [4.78, 5) is 16.2. The Labute approximate surface area is 217 Å². The summed E-state index contributed by atoms with van der Waals surface area (Å²) in [6.45, 7) is 0.159. The molecule has 37 heavy (non-hydrogen) atoms. The van der Waals surface area contributed by atoms with E-state index in [4.69, 9.17) is 21.5 Å². The van der Waals surface area contributed by atoms with Crippen LogP contribution in [0.2, 0.25) is 5.02 Å². The van der Waals surface area contributed by atoms with Gasteiger partial charge < -0.3 is 9.64 Å². The molecule has 0 spiro atoms. The molecule has 3 aromatic rings. The van der Waals surface area contributed by atoms with Crippen molar-refractivity contribution in [2.24, 2.45) is 5.14 Å². The first-order valence-corrected chi connectivity index (χ1v) is 13.3. The molecule has 1 fully saturated rings. The van der Waals surface area contributed by atoms with Crippen molar-refractivity contribution < 1.29 is 31.1 Å². The molecule has 3 aromatic carbocycles. The smallest absolute Gasteiger partial charge is 0.416 e. The van der Waals surface area contributed by atoms with Gasteiger partial charge in [0.1, 0.15) is 11.5 Å². The first kappa shape index (κ1) is 26.8. The zero-order valence-corrected chi connectivity index (χ0v) is 20.9. The van der Waals surface area contributed by atoms with Crippen molar-refractivity contribution in [1.29, 1.82) is 0 Å². The molecule has 1 unspecified atom stereocenters. The van der Waals surface area contributed by atoms with E-state index in [1.165, 1.54) is 21.9 Å². The zero-order chi connectivity index (χ0) is 26.8. The molecule has 2 amide bonds. The van der Waals surface area contributed by atoms with Gasteiger partial charge in [0, 0.05) is 23.8 Å². The minimum absolute atomic E-state index is 0.0772. The fraction of sp³-hybridized carbons (Fsp3) is 0.240. The Bertz CT molecular complexity index is 1370. The van der Waals surface area contributed by atoms with Crippen LogP contribution in [0.4, 0.5) is 23.7 Å². The van der Waals surface area contributed by atoms with E-state index in [0.29, 0.717) is 27.8 Å². The number of halogens is 4. The van der Waals surface area contributed by atoms with Gasteiger partial charge >= 0.3 is 12.2 Å². The van der Waals surface area contributed by atoms with E-state index in [1.807, 2.05) is 0 Å². The predicted molar refractivity (Wildman–Crippen MR) is 134 cm³/mol. The van der Waals surface area contributed by atoms with Gasteiger partial charge in [-0.1, -0.05) is 23.7 Å². The predicted octanol–water partition coefficient (Wildman–Crippen LogP) is 5.81. The molecular formula is C25H23ClF3N3O4S. The highest BCUT2D eigenvalue weighted by Crippen LogP contribution is 2.38. The second-order valence-corrected chi connectivity index (χ2v) is 10.7. The molecule has 7 nitrogen and oxygen atoms in total. The lowest BCUT2D eigenvalue weighted by molar-refractivity contribution is -0.137. The number of sulfonamides is 1. The van der Waals surface area contributed by atoms with E-state index in [-0.39, 0.29) is 25.3 Å². The lowest BCUT2D eigenvalue weighted by atomic mass is 10.0. The van der Waals surface area contributed by atoms with Crippen molar-refractivity contribution in [3.8, 4) is 11.5 Å². The highest BCUT2D eigenvalue weighted by molar-refractivity contribution is 7.89. The summed E-state index contributed by atoms with van der Waals surface area (Å²) in [5.74, 6) is 0.720. The molecule has 1 saturated heterocycles. The van der Waals surface area contributed by atoms with E-state index in [2.05, 4.69) is 0 Å². The van der Waals surface area contributed by atoms with Gasteiger partial charge in [0.25, 0.3) is 0 Å². The number of alkyl halides is 3. The summed E-state index contributed by atoms with van der Waals surface area (Å²) in [5.41, 5.74) is -0.0692. The third kappa shape index (κ3) is 6.73. The molecule has 1 aliphatic heterocycles. The number of ether oxygens (including phenoxy) is 1. The van der Waals surface area contributed by atoms with Gasteiger partial charge in [-0.2, -0.15) is 13.2 Å². The fourth-order valence-electron chi connectivity index (χ4n) is 4.08. The third-order valence-corrected chi connectivity index (χ3v) is 6.91. The minimum Gasteiger partial charge on any atom is -0.457 e. The second-order valence-electron chi connectivity index (χ2n) is 8.51. The summed E-state index contributed by atoms with van der Waals surface area (Å²) >= 11 is 5.89. The Morgan fingerprint density at radius 1 is 1.00 bits per heavy atom. The average molecular weight is 554 g/mol. The van der Waals surface area contributed by atoms with Crippen LogP contribution in [0.15, 0.2) is 72.8 Å². The lowest BCUT2D eigenvalue weighted by Gasteiger charge is -2.24. The normalized spacial score (nSPS) is 16.4. The van der Waals surface area contributed by atoms with E-state index < -0.39 is 33.8 Å². The summed E-state index contributed by atoms with van der Waals surface area (Å²) in [6, 6.07) is 17.0. The number of carbonyl (C=O) groups is 1. The molecule has 0 aromatic heterocycles. The number of hydrogen-bond acceptors (Lipinski definition) is 4. The van der Waals surface area contributed by atoms with Gasteiger partial charge in [-0.25, -0.2) is 18.4 Å². The van der Waals surface area contributed by atoms with Crippen LogP contribution in [0.1, 0.15) is 23.6 Å². The van der Waals surface area contributed by atoms with Crippen molar-refractivity contribution in [3.05, 3.63) is 88.9 Å². The van der Waals surface area contributed by atoms with Gasteiger partial charge in [0.2, 0.25) is 10.0 Å². The summed E-state index contributed by atoms with van der Waals surface area (Å²) in [7, 11) is -3.72. The molecule has 1 heterocycles. The van der Waals surface area contributed by atoms with E-state index >= 15 is 0 Å². The summed E-state index contributed by atoms with van der Waals surface area (Å²) in [6.07, 6.45) is -4.44. The largest absolute Gasteiger partial charge is 0.457 e. The number of nitrogens with two attached hydrogens (primary N) is 1. The van der Waals surface area contributed by atoms with E-state index in [0.717, 1.165) is 12.1 Å². The van der Waals surface area contributed by atoms with Crippen molar-refractivity contribution in [1.82, 2.24) is 4.90 Å². The number of primary sulfonamides is 1. The molecule has 0 radical (unpaired) electrons. The van der Waals surface area contributed by atoms with Crippen LogP contribution < -0.4 is 14.8 Å². The molecule has 4 rings (SSSR count). The molecule has 0 aliphatic carbocycles. The molecule has 196 valence electrons. The van der Waals surface area contributed by atoms with Crippen LogP contribution in [-0.2, 0) is 16.2 Å². The highest BCUT2D eigenvalue weighted by Gasteiger charge is 2.40. The van der Waals surface area contributed by atoms with Crippen molar-refractivity contribution >= 4 is 33.3 Å². The Morgan fingerprint density at radius 2 is 1.62 bits per heavy atom. The maximum absolute atomic E-state index is 13.4. The van der Waals surface area contributed by atoms with E-state index in [1.54, 1.807) is 48.5 Å². The van der Waals surface area contributed by atoms with Crippen LogP contribution in [0.25, 0.3) is 0 Å². The molecule has 0 bridgehead atoms. The number of benzene rings is 3. The van der Waals surface area contributed by atoms with E-state index in [9.17, 15) is 26.4 Å². The monoisotopic (exact) mass is 553 g/mol. The highest BCUT2D eigenvalue weighted by atomic mass is 35.5. The van der Waals surface area contributed by atoms with Gasteiger partial charge in [-0.3, -0.25) is 4.90 Å². The summed E-state index contributed by atoms with van der Waals surface area (Å²) < 4.78 is 68.5. The van der Waals surface area contributed by atoms with Gasteiger partial charge in [0.15, 0.2) is 0 Å². The molecule has 12 heteroatoms. The molecule has 1 atom stereocenters. The van der Waals surface area contributed by atoms with Crippen LogP contribution in [0.5, 0.6) is 11.5 Å². The number of carbonyl (C=O) groups excluding carboxylic acids is 1. The van der Waals surface area contributed by atoms with Crippen LogP contribution in [-0.4, -0.2) is 38.2 Å². The number of urea groups is 1. The van der Waals surface area contributed by atoms with Crippen LogP contribution in [0.3, 0.4) is 0 Å². The number of hydrogen-bond donors (Lipinski definition) is 1. The Hall–Kier alpha value is -3.28. The van der Waals surface area contributed by atoms with Crippen molar-refractivity contribution in [2.75, 3.05) is 23.7 Å². The summed E-state index contributed by atoms with van der Waals surface area (Å²) in [5, 5.41) is 5.62. The molecular weight excluding hydrogens is 531 g/mol. The number of amides is 2. The van der Waals surface area contributed by atoms with Gasteiger partial charge in [-0.15, -0.1) is 0 Å². The molecule has 1 aliphatic rings. The Balaban J connectivity index is 1.61. The fourth-order valence-corrected chi connectivity index (χ4v) is 4.74. The first-order chi connectivity index (χ1) is 17.4. The minimum atomic E-state index is -4.54. The SMILES string of the molecule is NS(=O)(=O)CCCN1CC(c2cccc(C(F)(F)F)c2)N(c2ccc(Oc3ccc(Cl)cc3)cc2)C1=O. The Morgan fingerprint density at radius 3 is 2.22 bits per heavy atom. The maximum Gasteiger partial charge on any atom is 0.416 e. The maximum atomic E-state index is 13.4. The quantitative estimate of drug-likeness (QED) is 0.381. The first-order valence-electron chi connectivity index (χ1n) is 11.2. The van der Waals surface area contributed by atoms with Gasteiger partial charge in [0.05, 0.1) is 17.4 Å². The van der Waals surface area contributed by atoms with Crippen LogP contribution >= 0.6 is 11.6 Å². The molecule has 0 saturated carbocycles. The number of anilines is 1. The topological polar surface area (TPSA) is 92.9 Å². The van der Waals surface area contributed by atoms with Crippen LogP contribution in [0, 0.1) is 0 Å². The second kappa shape index (κ2) is 10.6. The molecule has 2 N–H and O–H groups in total.